The molecule has 0 saturated heterocycles. The molecule has 0 bridgehead atoms. The Hall–Kier alpha value is -0.780. The molecule has 0 N–H and O–H groups in total. The van der Waals surface area contributed by atoms with E-state index in [4.69, 9.17) is 0 Å². The van der Waals surface area contributed by atoms with E-state index >= 15 is 0 Å². The number of hydrogen-bond acceptors (Lipinski definition) is 0. The van der Waals surface area contributed by atoms with Crippen molar-refractivity contribution in [1.82, 2.24) is 0 Å². The summed E-state index contributed by atoms with van der Waals surface area (Å²) in [5.74, 6) is 1.74. The van der Waals surface area contributed by atoms with Crippen LogP contribution >= 0.6 is 0 Å². The molecule has 2 atom stereocenters. The van der Waals surface area contributed by atoms with Gasteiger partial charge in [0.25, 0.3) is 0 Å². The summed E-state index contributed by atoms with van der Waals surface area (Å²) in [7, 11) is 0. The van der Waals surface area contributed by atoms with Gasteiger partial charge in [-0.1, -0.05) is 26.0 Å². The molecule has 0 aliphatic heterocycles. The standard InChI is InChI=1S/C16H22/c1-11-7-15-9-13-5-3-4-6-14(13)10-16(15)8-12(11)2/h9-12H,3-8H2,1-2H3. The fourth-order valence-electron chi connectivity index (χ4n) is 3.36. The quantitative estimate of drug-likeness (QED) is 0.613. The lowest BCUT2D eigenvalue weighted by Crippen LogP contribution is -2.21. The molecular formula is C16H22. The maximum atomic E-state index is 2.53. The Kier molecular flexibility index (Phi) is 2.53. The second kappa shape index (κ2) is 3.91. The van der Waals surface area contributed by atoms with E-state index in [2.05, 4.69) is 26.0 Å². The molecule has 2 aliphatic carbocycles. The minimum absolute atomic E-state index is 0.870. The van der Waals surface area contributed by atoms with Gasteiger partial charge in [-0.15, -0.1) is 0 Å². The summed E-state index contributed by atoms with van der Waals surface area (Å²) in [4.78, 5) is 0. The molecular weight excluding hydrogens is 192 g/mol. The van der Waals surface area contributed by atoms with Gasteiger partial charge in [-0.25, -0.2) is 0 Å². The Morgan fingerprint density at radius 1 is 0.750 bits per heavy atom. The monoisotopic (exact) mass is 214 g/mol. The van der Waals surface area contributed by atoms with E-state index in [0.29, 0.717) is 0 Å². The zero-order valence-corrected chi connectivity index (χ0v) is 10.6. The first-order valence-electron chi connectivity index (χ1n) is 6.87. The number of fused-ring (bicyclic) bond motifs is 2. The van der Waals surface area contributed by atoms with Gasteiger partial charge in [-0.2, -0.15) is 0 Å². The lowest BCUT2D eigenvalue weighted by molar-refractivity contribution is 0.360. The fourth-order valence-corrected chi connectivity index (χ4v) is 3.36. The summed E-state index contributed by atoms with van der Waals surface area (Å²) in [5.41, 5.74) is 6.64. The Morgan fingerprint density at radius 3 is 1.62 bits per heavy atom. The fraction of sp³-hybridized carbons (Fsp3) is 0.625. The lowest BCUT2D eigenvalue weighted by atomic mass is 9.75. The largest absolute Gasteiger partial charge is 0.0619 e. The van der Waals surface area contributed by atoms with Gasteiger partial charge in [0.1, 0.15) is 0 Å². The zero-order chi connectivity index (χ0) is 11.1. The molecule has 3 rings (SSSR count). The van der Waals surface area contributed by atoms with Gasteiger partial charge >= 0.3 is 0 Å². The average Bonchev–Trinajstić information content (AvgIpc) is 2.28. The van der Waals surface area contributed by atoms with Crippen LogP contribution in [0.3, 0.4) is 0 Å². The summed E-state index contributed by atoms with van der Waals surface area (Å²) < 4.78 is 0. The number of rotatable bonds is 0. The van der Waals surface area contributed by atoms with Crippen molar-refractivity contribution in [3.63, 3.8) is 0 Å². The Morgan fingerprint density at radius 2 is 1.19 bits per heavy atom. The van der Waals surface area contributed by atoms with Crippen LogP contribution in [0.5, 0.6) is 0 Å². The smallest absolute Gasteiger partial charge is 0.0248 e. The zero-order valence-electron chi connectivity index (χ0n) is 10.6. The van der Waals surface area contributed by atoms with Crippen molar-refractivity contribution in [2.75, 3.05) is 0 Å². The third-order valence-corrected chi connectivity index (χ3v) is 4.72. The number of hydrogen-bond donors (Lipinski definition) is 0. The van der Waals surface area contributed by atoms with Crippen LogP contribution in [-0.2, 0) is 25.7 Å². The summed E-state index contributed by atoms with van der Waals surface area (Å²) in [6, 6.07) is 5.07. The first-order valence-corrected chi connectivity index (χ1v) is 6.87. The number of aryl methyl sites for hydroxylation is 2. The van der Waals surface area contributed by atoms with Crippen LogP contribution in [-0.4, -0.2) is 0 Å². The summed E-state index contributed by atoms with van der Waals surface area (Å²) in [6.07, 6.45) is 8.07. The molecule has 2 aliphatic rings. The van der Waals surface area contributed by atoms with Crippen molar-refractivity contribution in [3.8, 4) is 0 Å². The highest BCUT2D eigenvalue weighted by Gasteiger charge is 2.23. The molecule has 1 aromatic carbocycles. The number of benzene rings is 1. The van der Waals surface area contributed by atoms with Gasteiger partial charge in [0.15, 0.2) is 0 Å². The summed E-state index contributed by atoms with van der Waals surface area (Å²) in [6.45, 7) is 4.82. The van der Waals surface area contributed by atoms with Crippen molar-refractivity contribution in [1.29, 1.82) is 0 Å². The summed E-state index contributed by atoms with van der Waals surface area (Å²) in [5, 5.41) is 0. The second-order valence-electron chi connectivity index (χ2n) is 5.96. The van der Waals surface area contributed by atoms with Gasteiger partial charge in [-0.05, 0) is 72.6 Å². The van der Waals surface area contributed by atoms with Crippen molar-refractivity contribution >= 4 is 0 Å². The van der Waals surface area contributed by atoms with Crippen LogP contribution in [0.2, 0.25) is 0 Å². The first-order chi connectivity index (χ1) is 7.74. The van der Waals surface area contributed by atoms with Crippen LogP contribution in [0.1, 0.15) is 48.9 Å². The van der Waals surface area contributed by atoms with E-state index < -0.39 is 0 Å². The minimum Gasteiger partial charge on any atom is -0.0619 e. The predicted molar refractivity (Wildman–Crippen MR) is 68.8 cm³/mol. The molecule has 0 saturated carbocycles. The molecule has 86 valence electrons. The topological polar surface area (TPSA) is 0 Å². The molecule has 0 amide bonds. The van der Waals surface area contributed by atoms with Crippen LogP contribution < -0.4 is 0 Å². The molecule has 0 radical (unpaired) electrons. The van der Waals surface area contributed by atoms with E-state index in [1.807, 2.05) is 0 Å². The maximum Gasteiger partial charge on any atom is -0.0248 e. The van der Waals surface area contributed by atoms with E-state index in [1.54, 1.807) is 22.3 Å². The molecule has 0 heterocycles. The Bertz CT molecular complexity index is 364. The second-order valence-corrected chi connectivity index (χ2v) is 5.96. The van der Waals surface area contributed by atoms with Crippen LogP contribution in [0.15, 0.2) is 12.1 Å². The molecule has 0 heteroatoms. The highest BCUT2D eigenvalue weighted by Crippen LogP contribution is 2.33. The molecule has 0 nitrogen and oxygen atoms in total. The third-order valence-electron chi connectivity index (χ3n) is 4.72. The molecule has 2 unspecified atom stereocenters. The maximum absolute atomic E-state index is 2.53. The molecule has 0 spiro atoms. The first kappa shape index (κ1) is 10.4. The van der Waals surface area contributed by atoms with Crippen molar-refractivity contribution in [2.45, 2.75) is 52.4 Å². The molecule has 1 aromatic rings. The van der Waals surface area contributed by atoms with Gasteiger partial charge < -0.3 is 0 Å². The van der Waals surface area contributed by atoms with Gasteiger partial charge in [-0.3, -0.25) is 0 Å². The summed E-state index contributed by atoms with van der Waals surface area (Å²) >= 11 is 0. The van der Waals surface area contributed by atoms with E-state index in [9.17, 15) is 0 Å². The van der Waals surface area contributed by atoms with Crippen molar-refractivity contribution in [2.24, 2.45) is 11.8 Å². The SMILES string of the molecule is CC1Cc2cc3c(cc2CC1C)CCCC3. The van der Waals surface area contributed by atoms with Crippen molar-refractivity contribution in [3.05, 3.63) is 34.4 Å². The molecule has 0 aromatic heterocycles. The average molecular weight is 214 g/mol. The van der Waals surface area contributed by atoms with Crippen LogP contribution in [0.4, 0.5) is 0 Å². The molecule has 0 fully saturated rings. The third kappa shape index (κ3) is 1.69. The Labute approximate surface area is 99.1 Å². The highest BCUT2D eigenvalue weighted by atomic mass is 14.3. The van der Waals surface area contributed by atoms with E-state index in [0.717, 1.165) is 11.8 Å². The predicted octanol–water partition coefficient (Wildman–Crippen LogP) is 3.94. The lowest BCUT2D eigenvalue weighted by Gasteiger charge is -2.30. The highest BCUT2D eigenvalue weighted by molar-refractivity contribution is 5.41. The Balaban J connectivity index is 2.01. The van der Waals surface area contributed by atoms with E-state index in [1.165, 1.54) is 38.5 Å². The van der Waals surface area contributed by atoms with Gasteiger partial charge in [0.2, 0.25) is 0 Å². The van der Waals surface area contributed by atoms with E-state index in [-0.39, 0.29) is 0 Å². The van der Waals surface area contributed by atoms with Crippen LogP contribution in [0.25, 0.3) is 0 Å². The van der Waals surface area contributed by atoms with Crippen molar-refractivity contribution < 1.29 is 0 Å². The minimum atomic E-state index is 0.870. The van der Waals surface area contributed by atoms with Gasteiger partial charge in [0, 0.05) is 0 Å². The molecule has 16 heavy (non-hydrogen) atoms. The van der Waals surface area contributed by atoms with Crippen LogP contribution in [0, 0.1) is 11.8 Å². The van der Waals surface area contributed by atoms with Gasteiger partial charge in [0.05, 0.1) is 0 Å². The normalized spacial score (nSPS) is 28.4.